The van der Waals surface area contributed by atoms with Gasteiger partial charge in [-0.1, -0.05) is 60.7 Å². The van der Waals surface area contributed by atoms with E-state index in [-0.39, 0.29) is 34.1 Å². The van der Waals surface area contributed by atoms with Crippen LogP contribution in [0, 0.1) is 13.8 Å². The van der Waals surface area contributed by atoms with Crippen LogP contribution in [-0.2, 0) is 9.47 Å². The van der Waals surface area contributed by atoms with E-state index >= 15 is 0 Å². The summed E-state index contributed by atoms with van der Waals surface area (Å²) < 4.78 is 46.1. The average molecular weight is 963 g/mol. The highest BCUT2D eigenvalue weighted by atomic mass is 16.6. The monoisotopic (exact) mass is 962 g/mol. The molecule has 12 nitrogen and oxygen atoms in total. The molecule has 2 aliphatic rings. The molecule has 0 saturated carbocycles. The number of benzene rings is 8. The first-order valence-electron chi connectivity index (χ1n) is 24.0. The third-order valence-electron chi connectivity index (χ3n) is 12.5. The summed E-state index contributed by atoms with van der Waals surface area (Å²) in [5.41, 5.74) is 3.83. The first kappa shape index (κ1) is 47.4. The Morgan fingerprint density at radius 2 is 0.792 bits per heavy atom. The number of rotatable bonds is 19. The van der Waals surface area contributed by atoms with Crippen LogP contribution >= 0.6 is 0 Å². The normalized spacial score (nSPS) is 14.6. The van der Waals surface area contributed by atoms with Gasteiger partial charge in [0.1, 0.15) is 34.5 Å². The van der Waals surface area contributed by atoms with Gasteiger partial charge < -0.3 is 37.9 Å². The van der Waals surface area contributed by atoms with E-state index in [1.165, 1.54) is 48.5 Å². The van der Waals surface area contributed by atoms with E-state index in [2.05, 4.69) is 0 Å². The predicted molar refractivity (Wildman–Crippen MR) is 271 cm³/mol. The smallest absolute Gasteiger partial charge is 0.343 e. The highest BCUT2D eigenvalue weighted by Gasteiger charge is 2.25. The van der Waals surface area contributed by atoms with Gasteiger partial charge in [-0.25, -0.2) is 19.2 Å². The molecule has 0 amide bonds. The third-order valence-corrected chi connectivity index (χ3v) is 12.5. The Morgan fingerprint density at radius 3 is 1.18 bits per heavy atom. The number of aryl methyl sites for hydroxylation is 2. The second kappa shape index (κ2) is 21.4. The first-order valence-corrected chi connectivity index (χ1v) is 24.0. The molecule has 2 saturated heterocycles. The Hall–Kier alpha value is -8.32. The number of ether oxygens (including phenoxy) is 8. The maximum atomic E-state index is 14.0. The van der Waals surface area contributed by atoms with E-state index in [0.717, 1.165) is 71.6 Å². The number of hydrogen-bond donors (Lipinski definition) is 0. The van der Waals surface area contributed by atoms with E-state index in [1.807, 2.05) is 74.5 Å². The standard InChI is InChI=1S/C60H50O12/c1-37-33-43(21-27-51(37)65-31-7-11-47-35-67-47)59(63)69-45-23-15-41(16-24-45)57(61)71-53-29-19-39-9-3-5-13-49(39)55(53)56-50-14-6-4-10-40(50)20-30-54(56)72-58(62)42-17-25-46(26-18-42)70-60(64)44-22-28-52(38(2)34-44)66-32-8-12-48-36-68-48/h3-6,9-10,13-30,33-34,47-48H,7-8,11-12,31-32,35-36H2,1-2H3. The lowest BCUT2D eigenvalue weighted by atomic mass is 9.92. The van der Waals surface area contributed by atoms with Crippen LogP contribution in [0.1, 0.15) is 78.2 Å². The zero-order valence-corrected chi connectivity index (χ0v) is 39.7. The van der Waals surface area contributed by atoms with Crippen molar-refractivity contribution >= 4 is 45.4 Å². The first-order chi connectivity index (χ1) is 35.1. The maximum Gasteiger partial charge on any atom is 0.343 e. The Balaban J connectivity index is 0.842. The molecule has 0 N–H and O–H groups in total. The van der Waals surface area contributed by atoms with Gasteiger partial charge in [0.2, 0.25) is 0 Å². The molecule has 0 aliphatic carbocycles. The molecule has 2 atom stereocenters. The van der Waals surface area contributed by atoms with Crippen molar-refractivity contribution in [3.05, 3.63) is 191 Å². The molecule has 362 valence electrons. The third kappa shape index (κ3) is 11.3. The Kier molecular flexibility index (Phi) is 14.0. The van der Waals surface area contributed by atoms with Crippen LogP contribution in [-0.4, -0.2) is 62.5 Å². The van der Waals surface area contributed by atoms with Crippen LogP contribution in [0.2, 0.25) is 0 Å². The van der Waals surface area contributed by atoms with Crippen molar-refractivity contribution in [2.45, 2.75) is 51.7 Å². The van der Waals surface area contributed by atoms with E-state index in [9.17, 15) is 19.2 Å². The van der Waals surface area contributed by atoms with Gasteiger partial charge >= 0.3 is 23.9 Å². The lowest BCUT2D eigenvalue weighted by molar-refractivity contribution is 0.0719. The lowest BCUT2D eigenvalue weighted by Crippen LogP contribution is -2.12. The van der Waals surface area contributed by atoms with Gasteiger partial charge in [0.25, 0.3) is 0 Å². The summed E-state index contributed by atoms with van der Waals surface area (Å²) in [5.74, 6) is -0.0811. The summed E-state index contributed by atoms with van der Waals surface area (Å²) in [6, 6.07) is 45.0. The molecule has 72 heavy (non-hydrogen) atoms. The van der Waals surface area contributed by atoms with Crippen LogP contribution in [0.4, 0.5) is 0 Å². The molecule has 10 rings (SSSR count). The van der Waals surface area contributed by atoms with E-state index < -0.39 is 23.9 Å². The maximum absolute atomic E-state index is 14.0. The van der Waals surface area contributed by atoms with Gasteiger partial charge in [-0.15, -0.1) is 0 Å². The average Bonchev–Trinajstić information content (AvgIpc) is 4.35. The molecule has 0 radical (unpaired) electrons. The van der Waals surface area contributed by atoms with Crippen molar-refractivity contribution in [3.8, 4) is 45.6 Å². The molecule has 0 aromatic heterocycles. The fourth-order valence-corrected chi connectivity index (χ4v) is 8.49. The van der Waals surface area contributed by atoms with Crippen LogP contribution in [0.15, 0.2) is 158 Å². The number of esters is 4. The summed E-state index contributed by atoms with van der Waals surface area (Å²) in [6.45, 7) is 6.52. The quantitative estimate of drug-likeness (QED) is 0.0329. The molecule has 8 aromatic carbocycles. The van der Waals surface area contributed by atoms with E-state index in [1.54, 1.807) is 48.5 Å². The van der Waals surface area contributed by atoms with Crippen LogP contribution in [0.5, 0.6) is 34.5 Å². The molecule has 2 fully saturated rings. The highest BCUT2D eigenvalue weighted by molar-refractivity contribution is 6.11. The number of hydrogen-bond acceptors (Lipinski definition) is 12. The molecule has 12 heteroatoms. The van der Waals surface area contributed by atoms with Gasteiger partial charge in [0, 0.05) is 11.1 Å². The second-order valence-corrected chi connectivity index (χ2v) is 17.8. The molecular weight excluding hydrogens is 913 g/mol. The fraction of sp³-hybridized carbons (Fsp3) is 0.200. The molecular formula is C60H50O12. The SMILES string of the molecule is Cc1cc(C(=O)Oc2ccc(C(=O)Oc3ccc4ccccc4c3-c3c(OC(=O)c4ccc(OC(=O)c5ccc(OCCCC6CO6)c(C)c5)cc4)ccc4ccccc34)cc2)ccc1OCCCC1CO1. The topological polar surface area (TPSA) is 149 Å². The molecule has 0 bridgehead atoms. The minimum Gasteiger partial charge on any atom is -0.493 e. The number of carbonyl (C=O) groups is 4. The van der Waals surface area contributed by atoms with Crippen molar-refractivity contribution in [1.82, 2.24) is 0 Å². The minimum atomic E-state index is -0.660. The fourth-order valence-electron chi connectivity index (χ4n) is 8.49. The van der Waals surface area contributed by atoms with Crippen LogP contribution in [0.3, 0.4) is 0 Å². The van der Waals surface area contributed by atoms with Crippen molar-refractivity contribution in [1.29, 1.82) is 0 Å². The van der Waals surface area contributed by atoms with Crippen molar-refractivity contribution in [3.63, 3.8) is 0 Å². The van der Waals surface area contributed by atoms with Crippen molar-refractivity contribution < 1.29 is 57.1 Å². The molecule has 0 spiro atoms. The summed E-state index contributed by atoms with van der Waals surface area (Å²) in [6.07, 6.45) is 4.40. The largest absolute Gasteiger partial charge is 0.493 e. The Morgan fingerprint density at radius 1 is 0.431 bits per heavy atom. The lowest BCUT2D eigenvalue weighted by Gasteiger charge is -2.19. The molecule has 2 aliphatic heterocycles. The summed E-state index contributed by atoms with van der Waals surface area (Å²) in [4.78, 5) is 54.3. The van der Waals surface area contributed by atoms with Gasteiger partial charge in [-0.2, -0.15) is 0 Å². The van der Waals surface area contributed by atoms with Crippen molar-refractivity contribution in [2.24, 2.45) is 0 Å². The minimum absolute atomic E-state index is 0.210. The van der Waals surface area contributed by atoms with Gasteiger partial charge in [-0.3, -0.25) is 0 Å². The van der Waals surface area contributed by atoms with Crippen LogP contribution in [0.25, 0.3) is 32.7 Å². The van der Waals surface area contributed by atoms with Gasteiger partial charge in [-0.05, 0) is 169 Å². The number of epoxide rings is 2. The Labute approximate surface area is 415 Å². The summed E-state index contributed by atoms with van der Waals surface area (Å²) in [5, 5.41) is 3.22. The van der Waals surface area contributed by atoms with Gasteiger partial charge in [0.05, 0.1) is 60.9 Å². The van der Waals surface area contributed by atoms with E-state index in [4.69, 9.17) is 37.9 Å². The zero-order chi connectivity index (χ0) is 49.6. The summed E-state index contributed by atoms with van der Waals surface area (Å²) >= 11 is 0. The van der Waals surface area contributed by atoms with Gasteiger partial charge in [0.15, 0.2) is 0 Å². The Bertz CT molecular complexity index is 3090. The molecule has 2 heterocycles. The number of carbonyl (C=O) groups excluding carboxylic acids is 4. The highest BCUT2D eigenvalue weighted by Crippen LogP contribution is 2.46. The zero-order valence-electron chi connectivity index (χ0n) is 39.7. The van der Waals surface area contributed by atoms with Crippen LogP contribution < -0.4 is 28.4 Å². The predicted octanol–water partition coefficient (Wildman–Crippen LogP) is 12.3. The second-order valence-electron chi connectivity index (χ2n) is 17.8. The number of fused-ring (bicyclic) bond motifs is 2. The van der Waals surface area contributed by atoms with E-state index in [0.29, 0.717) is 59.2 Å². The summed E-state index contributed by atoms with van der Waals surface area (Å²) in [7, 11) is 0. The molecule has 8 aromatic rings. The molecule has 2 unspecified atom stereocenters. The van der Waals surface area contributed by atoms with Crippen molar-refractivity contribution in [2.75, 3.05) is 26.4 Å².